The van der Waals surface area contributed by atoms with E-state index >= 15 is 0 Å². The molecule has 128 valence electrons. The monoisotopic (exact) mass is 356 g/mol. The Morgan fingerprint density at radius 3 is 1.92 bits per heavy atom. The average Bonchev–Trinajstić information content (AvgIpc) is 2.97. The van der Waals surface area contributed by atoms with Crippen LogP contribution in [0.25, 0.3) is 0 Å². The average molecular weight is 356 g/mol. The lowest BCUT2D eigenvalue weighted by molar-refractivity contribution is 0.0956. The molecule has 25 heavy (non-hydrogen) atoms. The van der Waals surface area contributed by atoms with Crippen LogP contribution in [0.4, 0.5) is 0 Å². The Labute approximate surface area is 145 Å². The van der Waals surface area contributed by atoms with Crippen molar-refractivity contribution in [3.8, 4) is 0 Å². The summed E-state index contributed by atoms with van der Waals surface area (Å²) in [5, 5.41) is 0. The van der Waals surface area contributed by atoms with Crippen molar-refractivity contribution in [1.29, 1.82) is 0 Å². The first-order chi connectivity index (χ1) is 11.8. The van der Waals surface area contributed by atoms with Crippen molar-refractivity contribution in [3.05, 3.63) is 88.1 Å². The summed E-state index contributed by atoms with van der Waals surface area (Å²) >= 11 is 0. The molecule has 0 unspecified atom stereocenters. The Morgan fingerprint density at radius 2 is 1.36 bits per heavy atom. The topological polar surface area (TPSA) is 78.1 Å². The van der Waals surface area contributed by atoms with Crippen LogP contribution >= 0.6 is 0 Å². The van der Waals surface area contributed by atoms with E-state index < -0.39 is 21.6 Å². The van der Waals surface area contributed by atoms with Gasteiger partial charge in [0.15, 0.2) is 0 Å². The van der Waals surface area contributed by atoms with Crippen LogP contribution in [0.3, 0.4) is 0 Å². The molecule has 0 aliphatic carbocycles. The number of carbonyl (C=O) groups excluding carboxylic acids is 1. The lowest BCUT2D eigenvalue weighted by atomic mass is 10.1. The highest BCUT2D eigenvalue weighted by Crippen LogP contribution is 2.13. The fourth-order valence-corrected chi connectivity index (χ4v) is 3.57. The van der Waals surface area contributed by atoms with Crippen molar-refractivity contribution in [3.63, 3.8) is 0 Å². The molecule has 0 radical (unpaired) electrons. The molecule has 0 saturated carbocycles. The third-order valence-corrected chi connectivity index (χ3v) is 5.50. The minimum Gasteiger partial charge on any atom is -0.268 e. The summed E-state index contributed by atoms with van der Waals surface area (Å²) in [4.78, 5) is 24.9. The Morgan fingerprint density at radius 1 is 0.840 bits per heavy atom. The number of hydrogen-bond acceptors (Lipinski definition) is 4. The van der Waals surface area contributed by atoms with Gasteiger partial charge in [0.2, 0.25) is 0 Å². The Kier molecular flexibility index (Phi) is 4.18. The number of nitrogens with zero attached hydrogens (tertiary/aromatic N) is 2. The second-order valence-corrected chi connectivity index (χ2v) is 7.55. The van der Waals surface area contributed by atoms with E-state index in [1.165, 1.54) is 12.1 Å². The number of rotatable bonds is 3. The second kappa shape index (κ2) is 6.18. The van der Waals surface area contributed by atoms with Gasteiger partial charge in [0.1, 0.15) is 0 Å². The van der Waals surface area contributed by atoms with Crippen LogP contribution in [-0.4, -0.2) is 22.9 Å². The molecule has 1 aromatic heterocycles. The van der Waals surface area contributed by atoms with Crippen LogP contribution in [0, 0.1) is 13.8 Å². The molecule has 0 bridgehead atoms. The van der Waals surface area contributed by atoms with Crippen LogP contribution in [0.5, 0.6) is 0 Å². The standard InChI is InChI=1S/C18H16N2O4S/c1-13-3-7-15(8-4-13)17(21)19-11-12-20(18(19)22)25(23,24)16-9-5-14(2)6-10-16/h3-12H,1-2H3. The number of aryl methyl sites for hydroxylation is 2. The number of imidazole rings is 1. The highest BCUT2D eigenvalue weighted by molar-refractivity contribution is 7.90. The van der Waals surface area contributed by atoms with E-state index in [0.29, 0.717) is 9.54 Å². The molecule has 2 aromatic carbocycles. The van der Waals surface area contributed by atoms with Crippen molar-refractivity contribution < 1.29 is 13.2 Å². The van der Waals surface area contributed by atoms with E-state index in [4.69, 9.17) is 0 Å². The number of benzene rings is 2. The van der Waals surface area contributed by atoms with Crippen molar-refractivity contribution >= 4 is 15.9 Å². The van der Waals surface area contributed by atoms with Crippen LogP contribution in [-0.2, 0) is 10.0 Å². The summed E-state index contributed by atoms with van der Waals surface area (Å²) in [5.74, 6) is -0.581. The summed E-state index contributed by atoms with van der Waals surface area (Å²) in [6, 6.07) is 12.8. The maximum Gasteiger partial charge on any atom is 0.349 e. The molecule has 3 rings (SSSR count). The predicted molar refractivity (Wildman–Crippen MR) is 93.4 cm³/mol. The minimum atomic E-state index is -4.06. The van der Waals surface area contributed by atoms with Gasteiger partial charge in [-0.15, -0.1) is 0 Å². The van der Waals surface area contributed by atoms with Crippen molar-refractivity contribution in [2.45, 2.75) is 18.7 Å². The number of hydrogen-bond donors (Lipinski definition) is 0. The van der Waals surface area contributed by atoms with Gasteiger partial charge in [-0.25, -0.2) is 17.8 Å². The first-order valence-electron chi connectivity index (χ1n) is 7.54. The SMILES string of the molecule is Cc1ccc(C(=O)n2ccn(S(=O)(=O)c3ccc(C)cc3)c2=O)cc1. The van der Waals surface area contributed by atoms with E-state index in [0.717, 1.165) is 28.1 Å². The molecule has 3 aromatic rings. The zero-order chi connectivity index (χ0) is 18.2. The lowest BCUT2D eigenvalue weighted by Crippen LogP contribution is -2.32. The van der Waals surface area contributed by atoms with E-state index in [9.17, 15) is 18.0 Å². The molecule has 7 heteroatoms. The van der Waals surface area contributed by atoms with Gasteiger partial charge >= 0.3 is 5.69 Å². The highest BCUT2D eigenvalue weighted by Gasteiger charge is 2.22. The normalized spacial score (nSPS) is 11.4. The Balaban J connectivity index is 2.04. The lowest BCUT2D eigenvalue weighted by Gasteiger charge is -2.05. The van der Waals surface area contributed by atoms with Crippen LogP contribution in [0.15, 0.2) is 70.6 Å². The molecule has 0 N–H and O–H groups in total. The maximum absolute atomic E-state index is 12.6. The number of aromatic nitrogens is 2. The van der Waals surface area contributed by atoms with Gasteiger partial charge < -0.3 is 0 Å². The molecular formula is C18H16N2O4S. The summed E-state index contributed by atoms with van der Waals surface area (Å²) in [6.45, 7) is 3.71. The molecular weight excluding hydrogens is 340 g/mol. The first kappa shape index (κ1) is 16.9. The molecule has 0 aliphatic heterocycles. The van der Waals surface area contributed by atoms with E-state index in [2.05, 4.69) is 0 Å². The van der Waals surface area contributed by atoms with E-state index in [1.807, 2.05) is 13.8 Å². The highest BCUT2D eigenvalue weighted by atomic mass is 32.2. The molecule has 0 atom stereocenters. The number of carbonyl (C=O) groups is 1. The van der Waals surface area contributed by atoms with Gasteiger partial charge in [-0.05, 0) is 38.1 Å². The molecule has 0 amide bonds. The third-order valence-electron chi connectivity index (χ3n) is 3.84. The van der Waals surface area contributed by atoms with Crippen molar-refractivity contribution in [1.82, 2.24) is 8.54 Å². The third kappa shape index (κ3) is 3.06. The van der Waals surface area contributed by atoms with Crippen molar-refractivity contribution in [2.24, 2.45) is 0 Å². The Bertz CT molecular complexity index is 1090. The smallest absolute Gasteiger partial charge is 0.268 e. The van der Waals surface area contributed by atoms with E-state index in [-0.39, 0.29) is 4.90 Å². The van der Waals surface area contributed by atoms with Crippen LogP contribution in [0.1, 0.15) is 21.5 Å². The molecule has 0 aliphatic rings. The predicted octanol–water partition coefficient (Wildman–Crippen LogP) is 2.19. The summed E-state index contributed by atoms with van der Waals surface area (Å²) in [7, 11) is -4.06. The molecule has 0 fully saturated rings. The second-order valence-electron chi connectivity index (χ2n) is 5.74. The van der Waals surface area contributed by atoms with Crippen LogP contribution < -0.4 is 5.69 Å². The largest absolute Gasteiger partial charge is 0.349 e. The van der Waals surface area contributed by atoms with Crippen LogP contribution in [0.2, 0.25) is 0 Å². The summed E-state index contributed by atoms with van der Waals surface area (Å²) < 4.78 is 26.6. The fourth-order valence-electron chi connectivity index (χ4n) is 2.36. The first-order valence-corrected chi connectivity index (χ1v) is 8.98. The van der Waals surface area contributed by atoms with Gasteiger partial charge in [-0.1, -0.05) is 35.4 Å². The van der Waals surface area contributed by atoms with Gasteiger partial charge in [0.05, 0.1) is 4.90 Å². The van der Waals surface area contributed by atoms with Gasteiger partial charge in [0.25, 0.3) is 15.9 Å². The summed E-state index contributed by atoms with van der Waals surface area (Å²) in [6.07, 6.45) is 2.25. The zero-order valence-electron chi connectivity index (χ0n) is 13.7. The van der Waals surface area contributed by atoms with E-state index in [1.54, 1.807) is 36.4 Å². The summed E-state index contributed by atoms with van der Waals surface area (Å²) in [5.41, 5.74) is 1.26. The maximum atomic E-state index is 12.6. The zero-order valence-corrected chi connectivity index (χ0v) is 14.5. The quantitative estimate of drug-likeness (QED) is 0.721. The van der Waals surface area contributed by atoms with Gasteiger partial charge in [-0.2, -0.15) is 3.97 Å². The van der Waals surface area contributed by atoms with Crippen molar-refractivity contribution in [2.75, 3.05) is 0 Å². The fraction of sp³-hybridized carbons (Fsp3) is 0.111. The molecule has 6 nitrogen and oxygen atoms in total. The molecule has 0 saturated heterocycles. The molecule has 1 heterocycles. The van der Waals surface area contributed by atoms with Gasteiger partial charge in [0, 0.05) is 18.0 Å². The molecule has 0 spiro atoms. The van der Waals surface area contributed by atoms with Gasteiger partial charge in [-0.3, -0.25) is 4.79 Å². The Hall–Kier alpha value is -2.93. The minimum absolute atomic E-state index is 0.0132.